The number of aromatic nitrogens is 4. The zero-order valence-corrected chi connectivity index (χ0v) is 24.1. The van der Waals surface area contributed by atoms with Crippen molar-refractivity contribution in [2.24, 2.45) is 5.92 Å². The first-order valence-corrected chi connectivity index (χ1v) is 14.3. The molecule has 0 saturated carbocycles. The van der Waals surface area contributed by atoms with Crippen LogP contribution in [-0.2, 0) is 17.9 Å². The molecule has 3 aromatic rings. The average Bonchev–Trinajstić information content (AvgIpc) is 3.21. The van der Waals surface area contributed by atoms with E-state index in [0.29, 0.717) is 36.3 Å². The number of fused-ring (bicyclic) bond motifs is 1. The van der Waals surface area contributed by atoms with E-state index in [0.717, 1.165) is 63.1 Å². The molecule has 1 aliphatic rings. The Morgan fingerprint density at radius 2 is 1.93 bits per heavy atom. The van der Waals surface area contributed by atoms with E-state index >= 15 is 0 Å². The van der Waals surface area contributed by atoms with Gasteiger partial charge in [0.15, 0.2) is 11.5 Å². The Labute approximate surface area is 235 Å². The zero-order valence-electron chi connectivity index (χ0n) is 24.1. The summed E-state index contributed by atoms with van der Waals surface area (Å²) in [5, 5.41) is 9.33. The van der Waals surface area contributed by atoms with Gasteiger partial charge in [0, 0.05) is 45.3 Å². The van der Waals surface area contributed by atoms with Gasteiger partial charge in [0.05, 0.1) is 12.5 Å². The third-order valence-electron chi connectivity index (χ3n) is 7.50. The molecule has 40 heavy (non-hydrogen) atoms. The second kappa shape index (κ2) is 13.3. The number of aromatic amines is 1. The van der Waals surface area contributed by atoms with Gasteiger partial charge in [0.2, 0.25) is 0 Å². The number of benzene rings is 1. The van der Waals surface area contributed by atoms with E-state index in [1.54, 1.807) is 11.5 Å². The molecule has 1 aliphatic heterocycles. The minimum atomic E-state index is -0.826. The molecule has 4 N–H and O–H groups in total. The van der Waals surface area contributed by atoms with Crippen LogP contribution in [0.2, 0.25) is 0 Å². The number of ether oxygens (including phenoxy) is 1. The van der Waals surface area contributed by atoms with Crippen LogP contribution in [0.4, 0.5) is 5.82 Å². The van der Waals surface area contributed by atoms with Crippen LogP contribution < -0.4 is 16.2 Å². The molecule has 218 valence electrons. The second-order valence-electron chi connectivity index (χ2n) is 11.3. The Morgan fingerprint density at radius 1 is 1.20 bits per heavy atom. The molecule has 1 unspecified atom stereocenters. The minimum absolute atomic E-state index is 0.188. The summed E-state index contributed by atoms with van der Waals surface area (Å²) in [6.45, 7) is 13.9. The van der Waals surface area contributed by atoms with Crippen molar-refractivity contribution < 1.29 is 14.6 Å². The minimum Gasteiger partial charge on any atom is -0.481 e. The van der Waals surface area contributed by atoms with Gasteiger partial charge in [-0.2, -0.15) is 9.97 Å². The van der Waals surface area contributed by atoms with Crippen molar-refractivity contribution in [3.05, 3.63) is 45.9 Å². The number of aryl methyl sites for hydroxylation is 1. The molecule has 0 bridgehead atoms. The van der Waals surface area contributed by atoms with E-state index < -0.39 is 11.9 Å². The van der Waals surface area contributed by atoms with E-state index in [9.17, 15) is 14.7 Å². The summed E-state index contributed by atoms with van der Waals surface area (Å²) in [5.41, 5.74) is 8.68. The first-order chi connectivity index (χ1) is 19.2. The normalized spacial score (nSPS) is 15.2. The number of anilines is 1. The van der Waals surface area contributed by atoms with Gasteiger partial charge in [-0.05, 0) is 36.8 Å². The van der Waals surface area contributed by atoms with Crippen molar-refractivity contribution in [3.63, 3.8) is 0 Å². The lowest BCUT2D eigenvalue weighted by molar-refractivity contribution is -0.138. The fourth-order valence-corrected chi connectivity index (χ4v) is 5.16. The number of hydrogen-bond acceptors (Lipinski definition) is 8. The number of imidazole rings is 1. The molecule has 3 heterocycles. The number of nitrogens with two attached hydrogens (primary N) is 1. The summed E-state index contributed by atoms with van der Waals surface area (Å²) in [7, 11) is 0. The summed E-state index contributed by atoms with van der Waals surface area (Å²) in [4.78, 5) is 40.6. The van der Waals surface area contributed by atoms with Crippen LogP contribution in [0, 0.1) is 5.92 Å². The lowest BCUT2D eigenvalue weighted by Crippen LogP contribution is -2.59. The molecule has 1 fully saturated rings. The van der Waals surface area contributed by atoms with Crippen LogP contribution in [0.5, 0.6) is 6.01 Å². The fourth-order valence-electron chi connectivity index (χ4n) is 5.16. The number of H-pyrrole nitrogens is 1. The van der Waals surface area contributed by atoms with E-state index in [2.05, 4.69) is 45.5 Å². The zero-order chi connectivity index (χ0) is 28.8. The van der Waals surface area contributed by atoms with Gasteiger partial charge in [-0.1, -0.05) is 51.5 Å². The highest BCUT2D eigenvalue weighted by molar-refractivity contribution is 5.81. The van der Waals surface area contributed by atoms with Crippen molar-refractivity contribution >= 4 is 23.0 Å². The summed E-state index contributed by atoms with van der Waals surface area (Å²) in [6.07, 6.45) is 2.62. The van der Waals surface area contributed by atoms with Crippen molar-refractivity contribution in [1.29, 1.82) is 0 Å². The van der Waals surface area contributed by atoms with E-state index in [1.807, 2.05) is 24.3 Å². The molecule has 0 aliphatic carbocycles. The predicted octanol–water partition coefficient (Wildman–Crippen LogP) is 3.30. The maximum atomic E-state index is 12.8. The summed E-state index contributed by atoms with van der Waals surface area (Å²) >= 11 is 0. The number of carbonyl (C=O) groups is 1. The van der Waals surface area contributed by atoms with Gasteiger partial charge < -0.3 is 20.6 Å². The number of hydrogen-bond donors (Lipinski definition) is 3. The van der Waals surface area contributed by atoms with Gasteiger partial charge in [-0.25, -0.2) is 4.79 Å². The van der Waals surface area contributed by atoms with Gasteiger partial charge >= 0.3 is 17.7 Å². The maximum Gasteiger partial charge on any atom is 0.327 e. The number of nitrogens with one attached hydrogen (secondary N) is 1. The number of likely N-dealkylation sites (tertiary alicyclic amines) is 1. The van der Waals surface area contributed by atoms with Gasteiger partial charge in [0.1, 0.15) is 5.52 Å². The van der Waals surface area contributed by atoms with E-state index in [-0.39, 0.29) is 17.5 Å². The number of carboxylic acids is 1. The third-order valence-corrected chi connectivity index (χ3v) is 7.50. The number of nitrogen functional groups attached to an aromatic ring is 1. The molecule has 0 radical (unpaired) electrons. The number of rotatable bonds is 15. The Balaban J connectivity index is 1.46. The van der Waals surface area contributed by atoms with Crippen LogP contribution in [0.1, 0.15) is 64.0 Å². The Kier molecular flexibility index (Phi) is 9.80. The molecule has 1 saturated heterocycles. The van der Waals surface area contributed by atoms with Crippen LogP contribution >= 0.6 is 0 Å². The molecular weight excluding hydrogens is 510 g/mol. The van der Waals surface area contributed by atoms with Crippen LogP contribution in [0.15, 0.2) is 29.1 Å². The first kappa shape index (κ1) is 29.5. The lowest BCUT2D eigenvalue weighted by atomic mass is 9.99. The standard InChI is InChI=1S/C29H43N7O4/c1-5-6-14-40-28-32-25(30)24-26(33-28)36(29(39)31-24)13-7-12-35(23-17-34(18-23)15-19(2)3)16-21-8-10-22(11-9-21)20(4)27(37)38/h8-11,19-20,23H,5-7,12-18H2,1-4H3,(H,31,39)(H,37,38)(H2,30,32,33). The molecule has 4 rings (SSSR count). The maximum absolute atomic E-state index is 12.8. The highest BCUT2D eigenvalue weighted by Crippen LogP contribution is 2.22. The van der Waals surface area contributed by atoms with E-state index in [1.165, 1.54) is 0 Å². The molecule has 11 heteroatoms. The van der Waals surface area contributed by atoms with Crippen LogP contribution in [-0.4, -0.2) is 79.2 Å². The lowest BCUT2D eigenvalue weighted by Gasteiger charge is -2.46. The van der Waals surface area contributed by atoms with Crippen molar-refractivity contribution in [2.45, 2.75) is 72.0 Å². The third kappa shape index (κ3) is 7.19. The van der Waals surface area contributed by atoms with Crippen LogP contribution in [0.3, 0.4) is 0 Å². The average molecular weight is 554 g/mol. The first-order valence-electron chi connectivity index (χ1n) is 14.3. The van der Waals surface area contributed by atoms with Gasteiger partial charge in [-0.3, -0.25) is 19.2 Å². The van der Waals surface area contributed by atoms with Crippen molar-refractivity contribution in [1.82, 2.24) is 29.3 Å². The monoisotopic (exact) mass is 553 g/mol. The summed E-state index contributed by atoms with van der Waals surface area (Å²) < 4.78 is 7.28. The molecule has 1 aromatic carbocycles. The molecule has 0 amide bonds. The van der Waals surface area contributed by atoms with Gasteiger partial charge in [-0.15, -0.1) is 0 Å². The van der Waals surface area contributed by atoms with E-state index in [4.69, 9.17) is 10.5 Å². The predicted molar refractivity (Wildman–Crippen MR) is 156 cm³/mol. The fraction of sp³-hybridized carbons (Fsp3) is 0.586. The Bertz CT molecular complexity index is 1330. The van der Waals surface area contributed by atoms with Gasteiger partial charge in [0.25, 0.3) is 0 Å². The Hall–Kier alpha value is -3.44. The largest absolute Gasteiger partial charge is 0.481 e. The van der Waals surface area contributed by atoms with Crippen LogP contribution in [0.25, 0.3) is 11.2 Å². The summed E-state index contributed by atoms with van der Waals surface area (Å²) in [6, 6.07) is 8.48. The van der Waals surface area contributed by atoms with Crippen molar-refractivity contribution in [2.75, 3.05) is 38.5 Å². The molecule has 11 nitrogen and oxygen atoms in total. The smallest absolute Gasteiger partial charge is 0.327 e. The SMILES string of the molecule is CCCCOc1nc(N)c2[nH]c(=O)n(CCCN(Cc3ccc(C(C)C(=O)O)cc3)C3CN(CC(C)C)C3)c2n1. The van der Waals surface area contributed by atoms with Crippen molar-refractivity contribution in [3.8, 4) is 6.01 Å². The molecule has 2 aromatic heterocycles. The topological polar surface area (TPSA) is 143 Å². The molecule has 0 spiro atoms. The molecule has 1 atom stereocenters. The second-order valence-corrected chi connectivity index (χ2v) is 11.3. The quantitative estimate of drug-likeness (QED) is 0.242. The summed E-state index contributed by atoms with van der Waals surface area (Å²) in [5.74, 6) is -0.536. The highest BCUT2D eigenvalue weighted by atomic mass is 16.5. The number of nitrogens with zero attached hydrogens (tertiary/aromatic N) is 5. The highest BCUT2D eigenvalue weighted by Gasteiger charge is 2.31. The Morgan fingerprint density at radius 3 is 2.58 bits per heavy atom. The molecular formula is C29H43N7O4. The number of unbranched alkanes of at least 4 members (excludes halogenated alkanes) is 1. The number of carboxylic acid groups (broad SMARTS) is 1. The number of aliphatic carboxylic acids is 1.